The molecule has 0 saturated heterocycles. The Morgan fingerprint density at radius 1 is 1.14 bits per heavy atom. The number of rotatable bonds is 9. The van der Waals surface area contributed by atoms with Crippen LogP contribution in [0.3, 0.4) is 0 Å². The number of ether oxygens (including phenoxy) is 2. The van der Waals surface area contributed by atoms with Crippen LogP contribution in [0, 0.1) is 5.92 Å². The van der Waals surface area contributed by atoms with E-state index in [1.807, 2.05) is 13.0 Å². The smallest absolute Gasteiger partial charge is 0.341 e. The summed E-state index contributed by atoms with van der Waals surface area (Å²) >= 11 is 0. The molecule has 0 unspecified atom stereocenters. The molecular formula is C19H30O3. The van der Waals surface area contributed by atoms with Crippen LogP contribution in [0.15, 0.2) is 12.1 Å². The van der Waals surface area contributed by atoms with Gasteiger partial charge >= 0.3 is 5.97 Å². The number of hydrogen-bond donors (Lipinski definition) is 0. The van der Waals surface area contributed by atoms with Gasteiger partial charge in [0.25, 0.3) is 0 Å². The van der Waals surface area contributed by atoms with Crippen molar-refractivity contribution in [3.8, 4) is 5.75 Å². The molecule has 0 aliphatic rings. The van der Waals surface area contributed by atoms with Gasteiger partial charge in [0.1, 0.15) is 11.3 Å². The first-order valence-corrected chi connectivity index (χ1v) is 8.49. The van der Waals surface area contributed by atoms with E-state index < -0.39 is 0 Å². The maximum atomic E-state index is 12.2. The van der Waals surface area contributed by atoms with Crippen molar-refractivity contribution in [1.29, 1.82) is 0 Å². The highest BCUT2D eigenvalue weighted by molar-refractivity contribution is 5.93. The quantitative estimate of drug-likeness (QED) is 0.485. The van der Waals surface area contributed by atoms with Crippen LogP contribution in [0.4, 0.5) is 0 Å². The van der Waals surface area contributed by atoms with Crippen molar-refractivity contribution in [1.82, 2.24) is 0 Å². The van der Waals surface area contributed by atoms with E-state index in [2.05, 4.69) is 33.8 Å². The average molecular weight is 306 g/mol. The molecule has 0 amide bonds. The number of carbonyl (C=O) groups excluding carboxylic acids is 1. The molecule has 3 heteroatoms. The third-order valence-corrected chi connectivity index (χ3v) is 3.68. The molecular weight excluding hydrogens is 276 g/mol. The zero-order valence-electron chi connectivity index (χ0n) is 14.7. The second-order valence-corrected chi connectivity index (χ2v) is 5.94. The normalized spacial score (nSPS) is 10.8. The van der Waals surface area contributed by atoms with E-state index in [1.54, 1.807) is 0 Å². The zero-order chi connectivity index (χ0) is 16.5. The second kappa shape index (κ2) is 9.50. The van der Waals surface area contributed by atoms with Gasteiger partial charge in [-0.3, -0.25) is 0 Å². The van der Waals surface area contributed by atoms with E-state index >= 15 is 0 Å². The predicted molar refractivity (Wildman–Crippen MR) is 90.7 cm³/mol. The number of aryl methyl sites for hydroxylation is 2. The minimum atomic E-state index is -0.286. The molecule has 0 fully saturated rings. The summed E-state index contributed by atoms with van der Waals surface area (Å²) < 4.78 is 11.2. The summed E-state index contributed by atoms with van der Waals surface area (Å²) in [7, 11) is 0. The summed E-state index contributed by atoms with van der Waals surface area (Å²) in [4.78, 5) is 12.2. The van der Waals surface area contributed by atoms with Crippen molar-refractivity contribution in [2.45, 2.75) is 60.3 Å². The largest absolute Gasteiger partial charge is 0.492 e. The molecule has 0 aromatic heterocycles. The first-order valence-electron chi connectivity index (χ1n) is 8.49. The van der Waals surface area contributed by atoms with Crippen LogP contribution in [0.2, 0.25) is 0 Å². The van der Waals surface area contributed by atoms with Gasteiger partial charge in [0.2, 0.25) is 0 Å². The van der Waals surface area contributed by atoms with Crippen molar-refractivity contribution in [3.63, 3.8) is 0 Å². The van der Waals surface area contributed by atoms with Crippen LogP contribution in [-0.4, -0.2) is 19.2 Å². The third-order valence-electron chi connectivity index (χ3n) is 3.68. The van der Waals surface area contributed by atoms with E-state index in [1.165, 1.54) is 0 Å². The Bertz CT molecular complexity index is 478. The van der Waals surface area contributed by atoms with E-state index in [0.717, 1.165) is 36.8 Å². The molecule has 22 heavy (non-hydrogen) atoms. The number of benzene rings is 1. The molecule has 1 aromatic carbocycles. The topological polar surface area (TPSA) is 35.5 Å². The first kappa shape index (κ1) is 18.5. The third kappa shape index (κ3) is 5.36. The van der Waals surface area contributed by atoms with Crippen molar-refractivity contribution in [3.05, 3.63) is 28.8 Å². The monoisotopic (exact) mass is 306 g/mol. The van der Waals surface area contributed by atoms with Crippen LogP contribution >= 0.6 is 0 Å². The maximum Gasteiger partial charge on any atom is 0.341 e. The lowest BCUT2D eigenvalue weighted by Crippen LogP contribution is -2.11. The van der Waals surface area contributed by atoms with Crippen molar-refractivity contribution in [2.75, 3.05) is 13.2 Å². The molecule has 0 aliphatic heterocycles. The molecule has 0 spiro atoms. The summed E-state index contributed by atoms with van der Waals surface area (Å²) in [6.45, 7) is 11.4. The lowest BCUT2D eigenvalue weighted by atomic mass is 10.0. The zero-order valence-corrected chi connectivity index (χ0v) is 14.7. The molecule has 1 aromatic rings. The average Bonchev–Trinajstić information content (AvgIpc) is 2.50. The standard InChI is InChI=1S/C19H30O3/c1-6-15-12-16(7-2)18(22-11-9-10-14(4)5)17(13-15)19(20)21-8-3/h12-14H,6-11H2,1-5H3. The maximum absolute atomic E-state index is 12.2. The lowest BCUT2D eigenvalue weighted by Gasteiger charge is -2.16. The van der Waals surface area contributed by atoms with E-state index in [-0.39, 0.29) is 5.97 Å². The van der Waals surface area contributed by atoms with Gasteiger partial charge in [-0.2, -0.15) is 0 Å². The fourth-order valence-corrected chi connectivity index (χ4v) is 2.42. The predicted octanol–water partition coefficient (Wildman–Crippen LogP) is 4.80. The summed E-state index contributed by atoms with van der Waals surface area (Å²) in [5, 5.41) is 0. The van der Waals surface area contributed by atoms with Gasteiger partial charge in [-0.15, -0.1) is 0 Å². The molecule has 0 heterocycles. The summed E-state index contributed by atoms with van der Waals surface area (Å²) in [6.07, 6.45) is 3.87. The Morgan fingerprint density at radius 2 is 1.86 bits per heavy atom. The van der Waals surface area contributed by atoms with E-state index in [9.17, 15) is 4.79 Å². The van der Waals surface area contributed by atoms with Gasteiger partial charge in [-0.1, -0.05) is 33.8 Å². The van der Waals surface area contributed by atoms with Gasteiger partial charge < -0.3 is 9.47 Å². The van der Waals surface area contributed by atoms with Gasteiger partial charge in [0.15, 0.2) is 0 Å². The van der Waals surface area contributed by atoms with Crippen molar-refractivity contribution in [2.24, 2.45) is 5.92 Å². The molecule has 124 valence electrons. The van der Waals surface area contributed by atoms with Crippen molar-refractivity contribution >= 4 is 5.97 Å². The van der Waals surface area contributed by atoms with E-state index in [0.29, 0.717) is 30.4 Å². The molecule has 0 aliphatic carbocycles. The molecule has 0 radical (unpaired) electrons. The Balaban J connectivity index is 3.01. The van der Waals surface area contributed by atoms with Crippen LogP contribution in [0.5, 0.6) is 5.75 Å². The fraction of sp³-hybridized carbons (Fsp3) is 0.632. The second-order valence-electron chi connectivity index (χ2n) is 5.94. The SMILES string of the molecule is CCOC(=O)c1cc(CC)cc(CC)c1OCCCC(C)C. The molecule has 0 atom stereocenters. The lowest BCUT2D eigenvalue weighted by molar-refractivity contribution is 0.0521. The minimum absolute atomic E-state index is 0.286. The van der Waals surface area contributed by atoms with Crippen LogP contribution in [0.25, 0.3) is 0 Å². The first-order chi connectivity index (χ1) is 10.5. The Morgan fingerprint density at radius 3 is 2.41 bits per heavy atom. The number of esters is 1. The van der Waals surface area contributed by atoms with Gasteiger partial charge in [-0.25, -0.2) is 4.79 Å². The highest BCUT2D eigenvalue weighted by Crippen LogP contribution is 2.28. The highest BCUT2D eigenvalue weighted by atomic mass is 16.5. The van der Waals surface area contributed by atoms with Crippen molar-refractivity contribution < 1.29 is 14.3 Å². The van der Waals surface area contributed by atoms with Crippen LogP contribution < -0.4 is 4.74 Å². The molecule has 0 saturated carbocycles. The van der Waals surface area contributed by atoms with Gasteiger partial charge in [-0.05, 0) is 55.7 Å². The highest BCUT2D eigenvalue weighted by Gasteiger charge is 2.18. The van der Waals surface area contributed by atoms with Gasteiger partial charge in [0.05, 0.1) is 13.2 Å². The number of hydrogen-bond acceptors (Lipinski definition) is 3. The van der Waals surface area contributed by atoms with Crippen LogP contribution in [0.1, 0.15) is 68.9 Å². The number of carbonyl (C=O) groups is 1. The Hall–Kier alpha value is -1.51. The summed E-state index contributed by atoms with van der Waals surface area (Å²) in [5.41, 5.74) is 2.81. The Labute approximate surface area is 135 Å². The molecule has 0 N–H and O–H groups in total. The van der Waals surface area contributed by atoms with Crippen LogP contribution in [-0.2, 0) is 17.6 Å². The van der Waals surface area contributed by atoms with E-state index in [4.69, 9.17) is 9.47 Å². The molecule has 3 nitrogen and oxygen atoms in total. The molecule has 1 rings (SSSR count). The Kier molecular flexibility index (Phi) is 8.00. The minimum Gasteiger partial charge on any atom is -0.492 e. The fourth-order valence-electron chi connectivity index (χ4n) is 2.42. The summed E-state index contributed by atoms with van der Waals surface area (Å²) in [5.74, 6) is 1.09. The molecule has 0 bridgehead atoms. The van der Waals surface area contributed by atoms with Gasteiger partial charge in [0, 0.05) is 0 Å². The summed E-state index contributed by atoms with van der Waals surface area (Å²) in [6, 6.07) is 4.05.